The van der Waals surface area contributed by atoms with Crippen LogP contribution in [0.1, 0.15) is 26.5 Å². The summed E-state index contributed by atoms with van der Waals surface area (Å²) in [4.78, 5) is 23.8. The van der Waals surface area contributed by atoms with Crippen LogP contribution in [-0.2, 0) is 0 Å². The van der Waals surface area contributed by atoms with Crippen LogP contribution in [0.4, 0.5) is 10.1 Å². The number of benzene rings is 2. The zero-order chi connectivity index (χ0) is 21.3. The second kappa shape index (κ2) is 7.63. The summed E-state index contributed by atoms with van der Waals surface area (Å²) in [5, 5.41) is 11.1. The third kappa shape index (κ3) is 3.68. The number of hydrogen-bond donors (Lipinski definition) is 2. The molecule has 4 aromatic rings. The minimum Gasteiger partial charge on any atom is -0.364 e. The van der Waals surface area contributed by atoms with Crippen molar-refractivity contribution in [2.45, 2.75) is 6.92 Å². The number of nitrogens with two attached hydrogens (primary N) is 1. The van der Waals surface area contributed by atoms with E-state index in [1.165, 1.54) is 29.1 Å². The molecule has 8 nitrogen and oxygen atoms in total. The third-order valence-electron chi connectivity index (χ3n) is 4.56. The highest BCUT2D eigenvalue weighted by molar-refractivity contribution is 6.05. The molecule has 0 saturated heterocycles. The van der Waals surface area contributed by atoms with Crippen LogP contribution in [0.25, 0.3) is 11.4 Å². The Bertz CT molecular complexity index is 1230. The maximum Gasteiger partial charge on any atom is 0.269 e. The summed E-state index contributed by atoms with van der Waals surface area (Å²) < 4.78 is 16.2. The van der Waals surface area contributed by atoms with Crippen molar-refractivity contribution in [3.05, 3.63) is 89.8 Å². The smallest absolute Gasteiger partial charge is 0.269 e. The lowest BCUT2D eigenvalue weighted by molar-refractivity contribution is 0.0993. The van der Waals surface area contributed by atoms with Crippen molar-refractivity contribution in [3.63, 3.8) is 0 Å². The lowest BCUT2D eigenvalue weighted by atomic mass is 10.2. The van der Waals surface area contributed by atoms with Gasteiger partial charge in [0.2, 0.25) is 0 Å². The zero-order valence-electron chi connectivity index (χ0n) is 15.9. The van der Waals surface area contributed by atoms with Crippen molar-refractivity contribution in [2.24, 2.45) is 5.73 Å². The van der Waals surface area contributed by atoms with Crippen molar-refractivity contribution in [2.75, 3.05) is 5.32 Å². The van der Waals surface area contributed by atoms with Gasteiger partial charge in [0, 0.05) is 11.9 Å². The highest BCUT2D eigenvalue weighted by Crippen LogP contribution is 2.18. The van der Waals surface area contributed by atoms with E-state index in [1.807, 2.05) is 0 Å². The van der Waals surface area contributed by atoms with Crippen molar-refractivity contribution in [1.29, 1.82) is 0 Å². The number of rotatable bonds is 5. The first-order chi connectivity index (χ1) is 14.4. The molecule has 3 N–H and O–H groups in total. The molecule has 0 atom stereocenters. The van der Waals surface area contributed by atoms with Crippen molar-refractivity contribution in [1.82, 2.24) is 19.6 Å². The number of hydrogen-bond acceptors (Lipinski definition) is 4. The van der Waals surface area contributed by atoms with Gasteiger partial charge in [0.15, 0.2) is 0 Å². The first-order valence-corrected chi connectivity index (χ1v) is 9.00. The van der Waals surface area contributed by atoms with E-state index in [0.717, 1.165) is 0 Å². The molecule has 0 bridgehead atoms. The number of aromatic nitrogens is 4. The molecule has 4 rings (SSSR count). The second-order valence-corrected chi connectivity index (χ2v) is 6.54. The fourth-order valence-corrected chi connectivity index (χ4v) is 2.97. The van der Waals surface area contributed by atoms with Gasteiger partial charge in [-0.2, -0.15) is 10.2 Å². The van der Waals surface area contributed by atoms with Crippen LogP contribution in [0, 0.1) is 12.7 Å². The van der Waals surface area contributed by atoms with Gasteiger partial charge in [0.05, 0.1) is 28.8 Å². The Hall–Kier alpha value is -4.27. The molecule has 30 heavy (non-hydrogen) atoms. The number of carbonyl (C=O) groups is 2. The monoisotopic (exact) mass is 404 g/mol. The highest BCUT2D eigenvalue weighted by atomic mass is 19.1. The van der Waals surface area contributed by atoms with E-state index in [9.17, 15) is 14.0 Å². The molecule has 0 aliphatic carbocycles. The number of anilines is 1. The van der Waals surface area contributed by atoms with Gasteiger partial charge in [0.1, 0.15) is 11.5 Å². The SMILES string of the molecule is Cc1c(C(=O)Nc2ccc(-n3ccc(C(N)=O)n3)cc2)cnn1-c1ccc(F)cc1. The Kier molecular flexibility index (Phi) is 4.85. The predicted molar refractivity (Wildman–Crippen MR) is 108 cm³/mol. The summed E-state index contributed by atoms with van der Waals surface area (Å²) in [6, 6.07) is 14.3. The molecular formula is C21H17FN6O2. The van der Waals surface area contributed by atoms with Gasteiger partial charge in [-0.3, -0.25) is 9.59 Å². The van der Waals surface area contributed by atoms with E-state index in [-0.39, 0.29) is 17.4 Å². The molecule has 0 aliphatic heterocycles. The Morgan fingerprint density at radius 2 is 1.67 bits per heavy atom. The molecule has 0 spiro atoms. The molecule has 0 unspecified atom stereocenters. The van der Waals surface area contributed by atoms with Crippen LogP contribution >= 0.6 is 0 Å². The number of primary amides is 1. The van der Waals surface area contributed by atoms with Crippen LogP contribution in [0.15, 0.2) is 67.0 Å². The summed E-state index contributed by atoms with van der Waals surface area (Å²) in [6.45, 7) is 1.77. The van der Waals surface area contributed by atoms with E-state index >= 15 is 0 Å². The Morgan fingerprint density at radius 3 is 2.30 bits per heavy atom. The summed E-state index contributed by atoms with van der Waals surface area (Å²) in [5.41, 5.74) is 8.37. The number of carbonyl (C=O) groups excluding carboxylic acids is 2. The lowest BCUT2D eigenvalue weighted by Crippen LogP contribution is -2.13. The zero-order valence-corrected chi connectivity index (χ0v) is 15.9. The Balaban J connectivity index is 1.50. The Labute approximate surface area is 170 Å². The first kappa shape index (κ1) is 19.1. The molecule has 150 valence electrons. The predicted octanol–water partition coefficient (Wildman–Crippen LogP) is 2.86. The molecule has 0 aliphatic rings. The molecule has 0 saturated carbocycles. The fraction of sp³-hybridized carbons (Fsp3) is 0.0476. The molecule has 2 heterocycles. The molecule has 0 fully saturated rings. The van der Waals surface area contributed by atoms with Crippen LogP contribution < -0.4 is 11.1 Å². The maximum absolute atomic E-state index is 13.1. The average molecular weight is 404 g/mol. The molecule has 9 heteroatoms. The summed E-state index contributed by atoms with van der Waals surface area (Å²) in [6.07, 6.45) is 3.10. The molecule has 2 amide bonds. The fourth-order valence-electron chi connectivity index (χ4n) is 2.97. The van der Waals surface area contributed by atoms with Gasteiger partial charge in [-0.25, -0.2) is 13.8 Å². The third-order valence-corrected chi connectivity index (χ3v) is 4.56. The minimum absolute atomic E-state index is 0.168. The normalized spacial score (nSPS) is 10.7. The van der Waals surface area contributed by atoms with E-state index in [4.69, 9.17) is 5.73 Å². The minimum atomic E-state index is -0.603. The van der Waals surface area contributed by atoms with E-state index in [0.29, 0.717) is 28.3 Å². The van der Waals surface area contributed by atoms with Crippen LogP contribution in [-0.4, -0.2) is 31.4 Å². The van der Waals surface area contributed by atoms with Crippen molar-refractivity contribution >= 4 is 17.5 Å². The van der Waals surface area contributed by atoms with E-state index < -0.39 is 5.91 Å². The molecule has 0 radical (unpaired) electrons. The van der Waals surface area contributed by atoms with E-state index in [2.05, 4.69) is 15.5 Å². The topological polar surface area (TPSA) is 108 Å². The van der Waals surface area contributed by atoms with Crippen molar-refractivity contribution < 1.29 is 14.0 Å². The molecule has 2 aromatic carbocycles. The first-order valence-electron chi connectivity index (χ1n) is 9.00. The number of nitrogens with zero attached hydrogens (tertiary/aromatic N) is 4. The molecular weight excluding hydrogens is 387 g/mol. The van der Waals surface area contributed by atoms with Crippen LogP contribution in [0.5, 0.6) is 0 Å². The van der Waals surface area contributed by atoms with Gasteiger partial charge < -0.3 is 11.1 Å². The largest absolute Gasteiger partial charge is 0.364 e. The van der Waals surface area contributed by atoms with E-state index in [1.54, 1.807) is 54.2 Å². The quantitative estimate of drug-likeness (QED) is 0.533. The van der Waals surface area contributed by atoms with Crippen LogP contribution in [0.2, 0.25) is 0 Å². The number of nitrogens with one attached hydrogen (secondary N) is 1. The lowest BCUT2D eigenvalue weighted by Gasteiger charge is -2.08. The van der Waals surface area contributed by atoms with Gasteiger partial charge >= 0.3 is 0 Å². The average Bonchev–Trinajstić information content (AvgIpc) is 3.37. The van der Waals surface area contributed by atoms with Gasteiger partial charge in [-0.1, -0.05) is 0 Å². The summed E-state index contributed by atoms with van der Waals surface area (Å²) >= 11 is 0. The summed E-state index contributed by atoms with van der Waals surface area (Å²) in [7, 11) is 0. The highest BCUT2D eigenvalue weighted by Gasteiger charge is 2.15. The second-order valence-electron chi connectivity index (χ2n) is 6.54. The van der Waals surface area contributed by atoms with Gasteiger partial charge in [-0.15, -0.1) is 0 Å². The Morgan fingerprint density at radius 1 is 1.00 bits per heavy atom. The van der Waals surface area contributed by atoms with Crippen molar-refractivity contribution in [3.8, 4) is 11.4 Å². The number of amides is 2. The van der Waals surface area contributed by atoms with Crippen LogP contribution in [0.3, 0.4) is 0 Å². The van der Waals surface area contributed by atoms with Gasteiger partial charge in [0.25, 0.3) is 11.8 Å². The van der Waals surface area contributed by atoms with Gasteiger partial charge in [-0.05, 0) is 61.5 Å². The molecule has 2 aromatic heterocycles. The maximum atomic E-state index is 13.1. The number of halogens is 1. The summed E-state index contributed by atoms with van der Waals surface area (Å²) in [5.74, 6) is -1.26. The standard InChI is InChI=1S/C21H17FN6O2/c1-13-18(12-24-28(13)17-6-2-14(22)3-7-17)21(30)25-15-4-8-16(9-5-15)27-11-10-19(26-27)20(23)29/h2-12H,1H3,(H2,23,29)(H,25,30).